The topological polar surface area (TPSA) is 63.6 Å². The summed E-state index contributed by atoms with van der Waals surface area (Å²) in [6.07, 6.45) is 2.26. The van der Waals surface area contributed by atoms with Crippen LogP contribution in [0.25, 0.3) is 0 Å². The van der Waals surface area contributed by atoms with Crippen molar-refractivity contribution in [3.63, 3.8) is 0 Å². The van der Waals surface area contributed by atoms with Crippen LogP contribution in [-0.4, -0.2) is 23.7 Å². The SMILES string of the molecule is CCCCOC(=O)[C@H]1C[C@H]1C(=O)O. The van der Waals surface area contributed by atoms with Gasteiger partial charge >= 0.3 is 11.9 Å². The molecule has 4 heteroatoms. The second-order valence-corrected chi connectivity index (χ2v) is 3.31. The van der Waals surface area contributed by atoms with Gasteiger partial charge in [-0.25, -0.2) is 0 Å². The predicted molar refractivity (Wildman–Crippen MR) is 45.1 cm³/mol. The first-order valence-electron chi connectivity index (χ1n) is 4.56. The molecule has 13 heavy (non-hydrogen) atoms. The molecule has 1 fully saturated rings. The summed E-state index contributed by atoms with van der Waals surface area (Å²) in [5, 5.41) is 8.54. The third kappa shape index (κ3) is 2.72. The summed E-state index contributed by atoms with van der Waals surface area (Å²) in [5.74, 6) is -2.11. The molecule has 1 aliphatic carbocycles. The standard InChI is InChI=1S/C9H14O4/c1-2-3-4-13-9(12)7-5-6(7)8(10)11/h6-7H,2-5H2,1H3,(H,10,11)/t6-,7+/m1/s1. The molecule has 1 rings (SSSR count). The molecule has 74 valence electrons. The van der Waals surface area contributed by atoms with Crippen molar-refractivity contribution >= 4 is 11.9 Å². The minimum atomic E-state index is -0.891. The number of carboxylic acid groups (broad SMARTS) is 1. The lowest BCUT2D eigenvalue weighted by Crippen LogP contribution is -2.11. The van der Waals surface area contributed by atoms with E-state index in [1.807, 2.05) is 6.92 Å². The number of esters is 1. The van der Waals surface area contributed by atoms with Crippen LogP contribution in [0.3, 0.4) is 0 Å². The Morgan fingerprint density at radius 2 is 2.15 bits per heavy atom. The van der Waals surface area contributed by atoms with Gasteiger partial charge in [-0.15, -0.1) is 0 Å². The van der Waals surface area contributed by atoms with E-state index in [9.17, 15) is 9.59 Å². The van der Waals surface area contributed by atoms with E-state index in [4.69, 9.17) is 9.84 Å². The Balaban J connectivity index is 2.16. The quantitative estimate of drug-likeness (QED) is 0.515. The van der Waals surface area contributed by atoms with Gasteiger partial charge in [0.25, 0.3) is 0 Å². The van der Waals surface area contributed by atoms with E-state index in [1.54, 1.807) is 0 Å². The molecule has 0 aliphatic heterocycles. The summed E-state index contributed by atoms with van der Waals surface area (Å²) >= 11 is 0. The molecule has 1 aliphatic rings. The van der Waals surface area contributed by atoms with Crippen LogP contribution in [0.1, 0.15) is 26.2 Å². The molecule has 0 aromatic carbocycles. The highest BCUT2D eigenvalue weighted by atomic mass is 16.5. The Hall–Kier alpha value is -1.06. The van der Waals surface area contributed by atoms with Crippen molar-refractivity contribution in [1.29, 1.82) is 0 Å². The highest BCUT2D eigenvalue weighted by molar-refractivity contribution is 5.86. The van der Waals surface area contributed by atoms with Gasteiger partial charge in [-0.1, -0.05) is 13.3 Å². The number of carboxylic acids is 1. The van der Waals surface area contributed by atoms with Gasteiger partial charge in [-0.3, -0.25) is 9.59 Å². The number of carbonyl (C=O) groups is 2. The number of rotatable bonds is 5. The van der Waals surface area contributed by atoms with Crippen molar-refractivity contribution in [3.8, 4) is 0 Å². The van der Waals surface area contributed by atoms with Gasteiger partial charge in [-0.05, 0) is 12.8 Å². The Bertz CT molecular complexity index is 212. The van der Waals surface area contributed by atoms with Gasteiger partial charge in [0.15, 0.2) is 0 Å². The number of hydrogen-bond acceptors (Lipinski definition) is 3. The van der Waals surface area contributed by atoms with Crippen molar-refractivity contribution in [2.24, 2.45) is 11.8 Å². The lowest BCUT2D eigenvalue weighted by molar-refractivity contribution is -0.148. The Labute approximate surface area is 76.9 Å². The van der Waals surface area contributed by atoms with Gasteiger partial charge in [0.1, 0.15) is 0 Å². The number of unbranched alkanes of at least 4 members (excludes halogenated alkanes) is 1. The van der Waals surface area contributed by atoms with E-state index >= 15 is 0 Å². The molecular weight excluding hydrogens is 172 g/mol. The molecule has 0 bridgehead atoms. The lowest BCUT2D eigenvalue weighted by Gasteiger charge is -2.01. The van der Waals surface area contributed by atoms with Gasteiger partial charge < -0.3 is 9.84 Å². The number of ether oxygens (including phenoxy) is 1. The first kappa shape index (κ1) is 10.0. The molecule has 0 aromatic heterocycles. The second-order valence-electron chi connectivity index (χ2n) is 3.31. The molecular formula is C9H14O4. The zero-order chi connectivity index (χ0) is 9.84. The van der Waals surface area contributed by atoms with E-state index in [1.165, 1.54) is 0 Å². The largest absolute Gasteiger partial charge is 0.481 e. The maximum Gasteiger partial charge on any atom is 0.309 e. The summed E-state index contributed by atoms with van der Waals surface area (Å²) in [6, 6.07) is 0. The van der Waals surface area contributed by atoms with Gasteiger partial charge in [0.05, 0.1) is 18.4 Å². The van der Waals surface area contributed by atoms with E-state index in [2.05, 4.69) is 0 Å². The first-order chi connectivity index (χ1) is 6.16. The molecule has 0 radical (unpaired) electrons. The van der Waals surface area contributed by atoms with Crippen LogP contribution in [-0.2, 0) is 14.3 Å². The van der Waals surface area contributed by atoms with Crippen LogP contribution in [0, 0.1) is 11.8 Å². The zero-order valence-electron chi connectivity index (χ0n) is 7.66. The molecule has 0 spiro atoms. The lowest BCUT2D eigenvalue weighted by atomic mass is 10.3. The smallest absolute Gasteiger partial charge is 0.309 e. The minimum Gasteiger partial charge on any atom is -0.481 e. The Morgan fingerprint density at radius 1 is 1.46 bits per heavy atom. The first-order valence-corrected chi connectivity index (χ1v) is 4.56. The minimum absolute atomic E-state index is 0.346. The highest BCUT2D eigenvalue weighted by Gasteiger charge is 2.49. The molecule has 0 aromatic rings. The van der Waals surface area contributed by atoms with Crippen molar-refractivity contribution in [1.82, 2.24) is 0 Å². The average molecular weight is 186 g/mol. The van der Waals surface area contributed by atoms with Crippen LogP contribution in [0.4, 0.5) is 0 Å². The third-order valence-corrected chi connectivity index (χ3v) is 2.15. The number of hydrogen-bond donors (Lipinski definition) is 1. The van der Waals surface area contributed by atoms with Gasteiger partial charge in [0.2, 0.25) is 0 Å². The van der Waals surface area contributed by atoms with E-state index in [0.29, 0.717) is 13.0 Å². The van der Waals surface area contributed by atoms with Crippen LogP contribution in [0.2, 0.25) is 0 Å². The molecule has 1 saturated carbocycles. The Morgan fingerprint density at radius 3 is 2.62 bits per heavy atom. The molecule has 0 heterocycles. The second kappa shape index (κ2) is 4.25. The Kier molecular flexibility index (Phi) is 3.28. The normalized spacial score (nSPS) is 25.3. The van der Waals surface area contributed by atoms with Crippen LogP contribution >= 0.6 is 0 Å². The fourth-order valence-electron chi connectivity index (χ4n) is 1.15. The molecule has 0 amide bonds. The molecule has 4 nitrogen and oxygen atoms in total. The van der Waals surface area contributed by atoms with Crippen LogP contribution in [0.15, 0.2) is 0 Å². The third-order valence-electron chi connectivity index (χ3n) is 2.15. The maximum absolute atomic E-state index is 11.1. The fourth-order valence-corrected chi connectivity index (χ4v) is 1.15. The highest BCUT2D eigenvalue weighted by Crippen LogP contribution is 2.39. The fraction of sp³-hybridized carbons (Fsp3) is 0.778. The van der Waals surface area contributed by atoms with Crippen molar-refractivity contribution in [3.05, 3.63) is 0 Å². The van der Waals surface area contributed by atoms with Crippen molar-refractivity contribution in [2.75, 3.05) is 6.61 Å². The summed E-state index contributed by atoms with van der Waals surface area (Å²) in [6.45, 7) is 2.42. The summed E-state index contributed by atoms with van der Waals surface area (Å²) in [7, 11) is 0. The summed E-state index contributed by atoms with van der Waals surface area (Å²) in [5.41, 5.74) is 0. The predicted octanol–water partition coefficient (Wildman–Crippen LogP) is 1.05. The van der Waals surface area contributed by atoms with E-state index in [-0.39, 0.29) is 11.9 Å². The monoisotopic (exact) mass is 186 g/mol. The summed E-state index contributed by atoms with van der Waals surface area (Å²) in [4.78, 5) is 21.5. The summed E-state index contributed by atoms with van der Waals surface area (Å²) < 4.78 is 4.88. The van der Waals surface area contributed by atoms with Crippen molar-refractivity contribution < 1.29 is 19.4 Å². The van der Waals surface area contributed by atoms with E-state index < -0.39 is 11.9 Å². The van der Waals surface area contributed by atoms with Crippen LogP contribution < -0.4 is 0 Å². The maximum atomic E-state index is 11.1. The molecule has 2 atom stereocenters. The molecule has 1 N–H and O–H groups in total. The van der Waals surface area contributed by atoms with Gasteiger partial charge in [0, 0.05) is 0 Å². The number of aliphatic carboxylic acids is 1. The van der Waals surface area contributed by atoms with Crippen molar-refractivity contribution in [2.45, 2.75) is 26.2 Å². The number of carbonyl (C=O) groups excluding carboxylic acids is 1. The molecule has 0 unspecified atom stereocenters. The van der Waals surface area contributed by atoms with E-state index in [0.717, 1.165) is 12.8 Å². The average Bonchev–Trinajstić information content (AvgIpc) is 2.83. The molecule has 0 saturated heterocycles. The zero-order valence-corrected chi connectivity index (χ0v) is 7.66. The van der Waals surface area contributed by atoms with Crippen LogP contribution in [0.5, 0.6) is 0 Å². The van der Waals surface area contributed by atoms with Gasteiger partial charge in [-0.2, -0.15) is 0 Å².